The molecule has 1 aromatic carbocycles. The van der Waals surface area contributed by atoms with Gasteiger partial charge in [-0.2, -0.15) is 0 Å². The topological polar surface area (TPSA) is 32.3 Å². The Morgan fingerprint density at radius 3 is 2.47 bits per heavy atom. The summed E-state index contributed by atoms with van der Waals surface area (Å²) in [5, 5.41) is 3.03. The molecule has 0 aliphatic carbocycles. The Hall–Kier alpha value is -1.13. The molecule has 0 saturated carbocycles. The molecule has 0 bridgehead atoms. The van der Waals surface area contributed by atoms with Gasteiger partial charge in [0.15, 0.2) is 0 Å². The van der Waals surface area contributed by atoms with Crippen LogP contribution in [0.5, 0.6) is 0 Å². The smallest absolute Gasteiger partial charge is 0.251 e. The second-order valence-electron chi connectivity index (χ2n) is 5.14. The van der Waals surface area contributed by atoms with Gasteiger partial charge in [0, 0.05) is 23.2 Å². The Morgan fingerprint density at radius 2 is 2.00 bits per heavy atom. The molecule has 19 heavy (non-hydrogen) atoms. The number of rotatable bonds is 5. The molecule has 1 N–H and O–H groups in total. The summed E-state index contributed by atoms with van der Waals surface area (Å²) in [6.07, 6.45) is 0. The van der Waals surface area contributed by atoms with Crippen molar-refractivity contribution in [3.8, 4) is 0 Å². The van der Waals surface area contributed by atoms with Crippen molar-refractivity contribution >= 4 is 17.5 Å². The van der Waals surface area contributed by atoms with Crippen molar-refractivity contribution in [1.29, 1.82) is 0 Å². The Morgan fingerprint density at radius 1 is 1.37 bits per heavy atom. The summed E-state index contributed by atoms with van der Waals surface area (Å²) in [6, 6.07) is 4.05. The van der Waals surface area contributed by atoms with Crippen LogP contribution in [0.2, 0.25) is 5.02 Å². The zero-order valence-electron chi connectivity index (χ0n) is 11.7. The zero-order chi connectivity index (χ0) is 14.6. The first-order valence-corrected chi connectivity index (χ1v) is 6.59. The van der Waals surface area contributed by atoms with Crippen LogP contribution < -0.4 is 5.32 Å². The molecule has 1 amide bonds. The summed E-state index contributed by atoms with van der Waals surface area (Å²) >= 11 is 5.73. The third-order valence-electron chi connectivity index (χ3n) is 3.03. The standard InChI is InChI=1S/C14H20ClFN2O/c1-9(2)13(18(3)4)8-17-14(19)10-5-11(15)7-12(16)6-10/h5-7,9,13H,8H2,1-4H3,(H,17,19)/t13-/m0/s1. The van der Waals surface area contributed by atoms with Gasteiger partial charge < -0.3 is 10.2 Å². The minimum atomic E-state index is -0.509. The number of benzene rings is 1. The maximum atomic E-state index is 13.2. The molecule has 106 valence electrons. The van der Waals surface area contributed by atoms with E-state index in [4.69, 9.17) is 11.6 Å². The molecule has 0 fully saturated rings. The van der Waals surface area contributed by atoms with Crippen LogP contribution in [0.15, 0.2) is 18.2 Å². The predicted molar refractivity (Wildman–Crippen MR) is 76.1 cm³/mol. The van der Waals surface area contributed by atoms with Gasteiger partial charge in [-0.1, -0.05) is 25.4 Å². The van der Waals surface area contributed by atoms with E-state index >= 15 is 0 Å². The van der Waals surface area contributed by atoms with E-state index in [0.29, 0.717) is 12.5 Å². The molecule has 0 radical (unpaired) electrons. The summed E-state index contributed by atoms with van der Waals surface area (Å²) in [4.78, 5) is 14.0. The van der Waals surface area contributed by atoms with E-state index in [1.807, 2.05) is 14.1 Å². The van der Waals surface area contributed by atoms with Crippen LogP contribution in [-0.2, 0) is 0 Å². The first kappa shape index (κ1) is 15.9. The maximum absolute atomic E-state index is 13.2. The molecule has 0 saturated heterocycles. The molecular weight excluding hydrogens is 267 g/mol. The molecule has 1 atom stereocenters. The number of carbonyl (C=O) groups is 1. The minimum Gasteiger partial charge on any atom is -0.350 e. The van der Waals surface area contributed by atoms with Crippen molar-refractivity contribution in [2.75, 3.05) is 20.6 Å². The van der Waals surface area contributed by atoms with Gasteiger partial charge in [-0.15, -0.1) is 0 Å². The van der Waals surface area contributed by atoms with Crippen LogP contribution in [0.4, 0.5) is 4.39 Å². The second-order valence-corrected chi connectivity index (χ2v) is 5.58. The van der Waals surface area contributed by atoms with Crippen molar-refractivity contribution in [2.24, 2.45) is 5.92 Å². The molecule has 0 aromatic heterocycles. The van der Waals surface area contributed by atoms with E-state index in [-0.39, 0.29) is 22.5 Å². The van der Waals surface area contributed by atoms with Crippen LogP contribution in [0.1, 0.15) is 24.2 Å². The molecule has 0 unspecified atom stereocenters. The largest absolute Gasteiger partial charge is 0.350 e. The van der Waals surface area contributed by atoms with Crippen LogP contribution in [-0.4, -0.2) is 37.5 Å². The number of nitrogens with one attached hydrogen (secondary N) is 1. The van der Waals surface area contributed by atoms with Gasteiger partial charge in [0.2, 0.25) is 0 Å². The molecule has 5 heteroatoms. The fourth-order valence-corrected chi connectivity index (χ4v) is 2.22. The molecule has 3 nitrogen and oxygen atoms in total. The lowest BCUT2D eigenvalue weighted by Crippen LogP contribution is -2.43. The molecule has 0 spiro atoms. The average Bonchev–Trinajstić information content (AvgIpc) is 2.26. The van der Waals surface area contributed by atoms with E-state index in [9.17, 15) is 9.18 Å². The third kappa shape index (κ3) is 4.80. The van der Waals surface area contributed by atoms with Crippen LogP contribution in [0.3, 0.4) is 0 Å². The molecule has 1 aromatic rings. The highest BCUT2D eigenvalue weighted by molar-refractivity contribution is 6.31. The number of halogens is 2. The highest BCUT2D eigenvalue weighted by atomic mass is 35.5. The fraction of sp³-hybridized carbons (Fsp3) is 0.500. The van der Waals surface area contributed by atoms with Gasteiger partial charge in [0.25, 0.3) is 5.91 Å². The Bertz CT molecular complexity index is 421. The predicted octanol–water partition coefficient (Wildman–Crippen LogP) is 2.80. The van der Waals surface area contributed by atoms with Gasteiger partial charge in [-0.3, -0.25) is 4.79 Å². The van der Waals surface area contributed by atoms with Crippen LogP contribution in [0, 0.1) is 11.7 Å². The lowest BCUT2D eigenvalue weighted by Gasteiger charge is -2.28. The van der Waals surface area contributed by atoms with Crippen molar-refractivity contribution in [2.45, 2.75) is 19.9 Å². The Balaban J connectivity index is 2.69. The van der Waals surface area contributed by atoms with Gasteiger partial charge in [-0.25, -0.2) is 4.39 Å². The minimum absolute atomic E-state index is 0.221. The van der Waals surface area contributed by atoms with Gasteiger partial charge >= 0.3 is 0 Å². The highest BCUT2D eigenvalue weighted by Crippen LogP contribution is 2.14. The number of hydrogen-bond acceptors (Lipinski definition) is 2. The molecule has 0 heterocycles. The van der Waals surface area contributed by atoms with Crippen molar-refractivity contribution in [3.63, 3.8) is 0 Å². The summed E-state index contributed by atoms with van der Waals surface area (Å²) < 4.78 is 13.2. The van der Waals surface area contributed by atoms with E-state index in [1.165, 1.54) is 18.2 Å². The van der Waals surface area contributed by atoms with Gasteiger partial charge in [0.05, 0.1) is 0 Å². The first-order chi connectivity index (χ1) is 8.81. The average molecular weight is 287 g/mol. The normalized spacial score (nSPS) is 12.8. The number of hydrogen-bond donors (Lipinski definition) is 1. The Kier molecular flexibility index (Phi) is 5.76. The fourth-order valence-electron chi connectivity index (χ4n) is 2.00. The van der Waals surface area contributed by atoms with Crippen molar-refractivity contribution < 1.29 is 9.18 Å². The van der Waals surface area contributed by atoms with E-state index in [1.54, 1.807) is 0 Å². The highest BCUT2D eigenvalue weighted by Gasteiger charge is 2.17. The zero-order valence-corrected chi connectivity index (χ0v) is 12.5. The van der Waals surface area contributed by atoms with Crippen molar-refractivity contribution in [1.82, 2.24) is 10.2 Å². The van der Waals surface area contributed by atoms with Crippen molar-refractivity contribution in [3.05, 3.63) is 34.6 Å². The number of likely N-dealkylation sites (N-methyl/N-ethyl adjacent to an activating group) is 1. The number of amides is 1. The maximum Gasteiger partial charge on any atom is 0.251 e. The van der Waals surface area contributed by atoms with Gasteiger partial charge in [0.1, 0.15) is 5.82 Å². The quantitative estimate of drug-likeness (QED) is 0.903. The SMILES string of the molecule is CC(C)[C@H](CNC(=O)c1cc(F)cc(Cl)c1)N(C)C. The number of nitrogens with zero attached hydrogens (tertiary/aromatic N) is 1. The lowest BCUT2D eigenvalue weighted by atomic mass is 10.0. The number of carbonyl (C=O) groups excluding carboxylic acids is 1. The molecule has 0 aliphatic rings. The van der Waals surface area contributed by atoms with Gasteiger partial charge in [-0.05, 0) is 38.2 Å². The molecular formula is C14H20ClFN2O. The molecule has 0 aliphatic heterocycles. The van der Waals surface area contributed by atoms with E-state index in [2.05, 4.69) is 24.1 Å². The summed E-state index contributed by atoms with van der Waals surface area (Å²) in [7, 11) is 3.94. The first-order valence-electron chi connectivity index (χ1n) is 6.22. The Labute approximate surface area is 118 Å². The second kappa shape index (κ2) is 6.87. The van der Waals surface area contributed by atoms with E-state index in [0.717, 1.165) is 0 Å². The third-order valence-corrected chi connectivity index (χ3v) is 3.25. The monoisotopic (exact) mass is 286 g/mol. The van der Waals surface area contributed by atoms with Crippen LogP contribution >= 0.6 is 11.6 Å². The lowest BCUT2D eigenvalue weighted by molar-refractivity contribution is 0.0934. The van der Waals surface area contributed by atoms with Crippen LogP contribution in [0.25, 0.3) is 0 Å². The summed E-state index contributed by atoms with van der Waals surface area (Å²) in [5.41, 5.74) is 0.242. The summed E-state index contributed by atoms with van der Waals surface area (Å²) in [5.74, 6) is -0.411. The molecule has 1 rings (SSSR count). The van der Waals surface area contributed by atoms with E-state index < -0.39 is 5.82 Å². The summed E-state index contributed by atoms with van der Waals surface area (Å²) in [6.45, 7) is 4.70.